The zero-order valence-corrected chi connectivity index (χ0v) is 12.3. The minimum atomic E-state index is 0.592. The Balaban J connectivity index is 1.81. The van der Waals surface area contributed by atoms with Gasteiger partial charge in [-0.3, -0.25) is 0 Å². The lowest BCUT2D eigenvalue weighted by Gasteiger charge is -2.15. The van der Waals surface area contributed by atoms with Gasteiger partial charge in [-0.05, 0) is 37.1 Å². The molecule has 20 heavy (non-hydrogen) atoms. The van der Waals surface area contributed by atoms with E-state index in [1.165, 1.54) is 12.8 Å². The fraction of sp³-hybridized carbons (Fsp3) is 0.286. The van der Waals surface area contributed by atoms with E-state index >= 15 is 0 Å². The Morgan fingerprint density at radius 2 is 1.75 bits per heavy atom. The largest absolute Gasteiger partial charge is 0.341 e. The van der Waals surface area contributed by atoms with E-state index in [9.17, 15) is 0 Å². The van der Waals surface area contributed by atoms with Gasteiger partial charge in [0.05, 0.1) is 0 Å². The maximum Gasteiger partial charge on any atom is 0.227 e. The van der Waals surface area contributed by atoms with Gasteiger partial charge in [-0.25, -0.2) is 4.98 Å². The van der Waals surface area contributed by atoms with Gasteiger partial charge in [0, 0.05) is 35.0 Å². The van der Waals surface area contributed by atoms with Gasteiger partial charge < -0.3 is 10.2 Å². The van der Waals surface area contributed by atoms with Gasteiger partial charge in [0.25, 0.3) is 0 Å². The standard InChI is InChI=1S/C14H14Cl2N4/c15-10-7-11(16)9-12(8-10)18-13-3-4-17-14(19-13)20-5-1-2-6-20/h3-4,7-9H,1-2,5-6H2,(H,17,18,19). The molecule has 3 rings (SSSR count). The molecule has 1 N–H and O–H groups in total. The summed E-state index contributed by atoms with van der Waals surface area (Å²) in [6, 6.07) is 7.15. The zero-order chi connectivity index (χ0) is 13.9. The molecule has 0 atom stereocenters. The van der Waals surface area contributed by atoms with Crippen LogP contribution in [0.3, 0.4) is 0 Å². The third-order valence-corrected chi connectivity index (χ3v) is 3.60. The molecule has 0 spiro atoms. The summed E-state index contributed by atoms with van der Waals surface area (Å²) >= 11 is 12.0. The van der Waals surface area contributed by atoms with Gasteiger partial charge in [-0.2, -0.15) is 4.98 Å². The number of benzene rings is 1. The first-order chi connectivity index (χ1) is 9.70. The van der Waals surface area contributed by atoms with Crippen molar-refractivity contribution < 1.29 is 0 Å². The van der Waals surface area contributed by atoms with Crippen molar-refractivity contribution in [3.8, 4) is 0 Å². The summed E-state index contributed by atoms with van der Waals surface area (Å²) in [5, 5.41) is 4.39. The Morgan fingerprint density at radius 1 is 1.05 bits per heavy atom. The molecule has 0 bridgehead atoms. The van der Waals surface area contributed by atoms with Crippen molar-refractivity contribution in [1.82, 2.24) is 9.97 Å². The molecule has 0 amide bonds. The van der Waals surface area contributed by atoms with Crippen LogP contribution in [0.4, 0.5) is 17.5 Å². The molecule has 1 saturated heterocycles. The highest BCUT2D eigenvalue weighted by molar-refractivity contribution is 6.35. The fourth-order valence-corrected chi connectivity index (χ4v) is 2.79. The van der Waals surface area contributed by atoms with E-state index in [4.69, 9.17) is 23.2 Å². The molecular formula is C14H14Cl2N4. The zero-order valence-electron chi connectivity index (χ0n) is 10.8. The van der Waals surface area contributed by atoms with Crippen molar-refractivity contribution in [1.29, 1.82) is 0 Å². The van der Waals surface area contributed by atoms with Gasteiger partial charge in [0.2, 0.25) is 5.95 Å². The lowest BCUT2D eigenvalue weighted by molar-refractivity contribution is 0.900. The van der Waals surface area contributed by atoms with E-state index in [1.807, 2.05) is 18.2 Å². The monoisotopic (exact) mass is 308 g/mol. The molecule has 0 radical (unpaired) electrons. The summed E-state index contributed by atoms with van der Waals surface area (Å²) in [7, 11) is 0. The van der Waals surface area contributed by atoms with Crippen LogP contribution in [0.1, 0.15) is 12.8 Å². The predicted octanol–water partition coefficient (Wildman–Crippen LogP) is 4.13. The molecule has 1 aromatic carbocycles. The smallest absolute Gasteiger partial charge is 0.227 e. The highest BCUT2D eigenvalue weighted by Crippen LogP contribution is 2.25. The van der Waals surface area contributed by atoms with E-state index in [0.717, 1.165) is 30.5 Å². The molecule has 1 aliphatic heterocycles. The van der Waals surface area contributed by atoms with Gasteiger partial charge in [0.15, 0.2) is 0 Å². The van der Waals surface area contributed by atoms with Crippen LogP contribution in [0.5, 0.6) is 0 Å². The normalized spacial score (nSPS) is 14.6. The molecular weight excluding hydrogens is 295 g/mol. The molecule has 1 fully saturated rings. The van der Waals surface area contributed by atoms with Crippen LogP contribution in [-0.4, -0.2) is 23.1 Å². The molecule has 1 aromatic heterocycles. The summed E-state index contributed by atoms with van der Waals surface area (Å²) in [6.45, 7) is 2.04. The average Bonchev–Trinajstić information content (AvgIpc) is 2.91. The predicted molar refractivity (Wildman–Crippen MR) is 83.2 cm³/mol. The highest BCUT2D eigenvalue weighted by atomic mass is 35.5. The summed E-state index contributed by atoms with van der Waals surface area (Å²) in [5.74, 6) is 1.50. The third-order valence-electron chi connectivity index (χ3n) is 3.17. The van der Waals surface area contributed by atoms with Crippen LogP contribution in [-0.2, 0) is 0 Å². The average molecular weight is 309 g/mol. The molecule has 104 valence electrons. The van der Waals surface area contributed by atoms with Crippen LogP contribution in [0.25, 0.3) is 0 Å². The maximum atomic E-state index is 5.99. The van der Waals surface area contributed by atoms with Crippen molar-refractivity contribution in [2.24, 2.45) is 0 Å². The van der Waals surface area contributed by atoms with Crippen molar-refractivity contribution in [3.63, 3.8) is 0 Å². The SMILES string of the molecule is Clc1cc(Cl)cc(Nc2ccnc(N3CCCC3)n2)c1. The lowest BCUT2D eigenvalue weighted by atomic mass is 10.3. The van der Waals surface area contributed by atoms with E-state index in [2.05, 4.69) is 20.2 Å². The first kappa shape index (κ1) is 13.5. The number of rotatable bonds is 3. The molecule has 0 unspecified atom stereocenters. The molecule has 2 aromatic rings. The van der Waals surface area contributed by atoms with Gasteiger partial charge in [-0.1, -0.05) is 23.2 Å². The third kappa shape index (κ3) is 3.14. The minimum Gasteiger partial charge on any atom is -0.341 e. The summed E-state index contributed by atoms with van der Waals surface area (Å²) in [4.78, 5) is 11.0. The molecule has 4 nitrogen and oxygen atoms in total. The maximum absolute atomic E-state index is 5.99. The first-order valence-corrected chi connectivity index (χ1v) is 7.27. The Bertz CT molecular complexity index is 592. The number of hydrogen-bond acceptors (Lipinski definition) is 4. The van der Waals surface area contributed by atoms with Crippen LogP contribution in [0.15, 0.2) is 30.5 Å². The van der Waals surface area contributed by atoms with E-state index in [-0.39, 0.29) is 0 Å². The summed E-state index contributed by atoms with van der Waals surface area (Å²) in [6.07, 6.45) is 4.16. The van der Waals surface area contributed by atoms with Crippen LogP contribution in [0, 0.1) is 0 Å². The van der Waals surface area contributed by atoms with Crippen LogP contribution >= 0.6 is 23.2 Å². The molecule has 1 aliphatic rings. The highest BCUT2D eigenvalue weighted by Gasteiger charge is 2.15. The molecule has 0 aliphatic carbocycles. The van der Waals surface area contributed by atoms with Crippen LogP contribution < -0.4 is 10.2 Å². The van der Waals surface area contributed by atoms with Crippen molar-refractivity contribution >= 4 is 40.7 Å². The topological polar surface area (TPSA) is 41.1 Å². The molecule has 0 saturated carbocycles. The number of nitrogens with one attached hydrogen (secondary N) is 1. The Hall–Kier alpha value is -1.52. The van der Waals surface area contributed by atoms with Crippen molar-refractivity contribution in [2.75, 3.05) is 23.3 Å². The quantitative estimate of drug-likeness (QED) is 0.925. The first-order valence-electron chi connectivity index (χ1n) is 6.52. The van der Waals surface area contributed by atoms with Gasteiger partial charge in [0.1, 0.15) is 5.82 Å². The van der Waals surface area contributed by atoms with Gasteiger partial charge in [-0.15, -0.1) is 0 Å². The second kappa shape index (κ2) is 5.85. The second-order valence-electron chi connectivity index (χ2n) is 4.72. The number of nitrogens with zero attached hydrogens (tertiary/aromatic N) is 3. The van der Waals surface area contributed by atoms with Crippen LogP contribution in [0.2, 0.25) is 10.0 Å². The summed E-state index contributed by atoms with van der Waals surface area (Å²) in [5.41, 5.74) is 0.813. The van der Waals surface area contributed by atoms with E-state index in [1.54, 1.807) is 12.3 Å². The van der Waals surface area contributed by atoms with Crippen molar-refractivity contribution in [3.05, 3.63) is 40.5 Å². The molecule has 6 heteroatoms. The number of anilines is 3. The summed E-state index contributed by atoms with van der Waals surface area (Å²) < 4.78 is 0. The Labute approximate surface area is 127 Å². The molecule has 2 heterocycles. The number of aromatic nitrogens is 2. The fourth-order valence-electron chi connectivity index (χ4n) is 2.26. The number of halogens is 2. The van der Waals surface area contributed by atoms with E-state index in [0.29, 0.717) is 10.0 Å². The Kier molecular flexibility index (Phi) is 3.94. The minimum absolute atomic E-state index is 0.592. The number of hydrogen-bond donors (Lipinski definition) is 1. The second-order valence-corrected chi connectivity index (χ2v) is 5.59. The van der Waals surface area contributed by atoms with Crippen molar-refractivity contribution in [2.45, 2.75) is 12.8 Å². The lowest BCUT2D eigenvalue weighted by Crippen LogP contribution is -2.20. The van der Waals surface area contributed by atoms with E-state index < -0.39 is 0 Å². The Morgan fingerprint density at radius 3 is 2.45 bits per heavy atom. The van der Waals surface area contributed by atoms with Gasteiger partial charge >= 0.3 is 0 Å².